The van der Waals surface area contributed by atoms with Gasteiger partial charge in [0.05, 0.1) is 6.04 Å². The van der Waals surface area contributed by atoms with Crippen molar-refractivity contribution in [1.82, 2.24) is 5.32 Å². The van der Waals surface area contributed by atoms with E-state index in [9.17, 15) is 9.59 Å². The minimum absolute atomic E-state index is 0.0144. The molecule has 5 nitrogen and oxygen atoms in total. The minimum Gasteiger partial charge on any atom is -0.326 e. The Morgan fingerprint density at radius 2 is 1.46 bits per heavy atom. The maximum atomic E-state index is 12.1. The van der Waals surface area contributed by atoms with Crippen LogP contribution in [0.15, 0.2) is 48.5 Å². The van der Waals surface area contributed by atoms with E-state index in [0.717, 1.165) is 41.9 Å². The van der Waals surface area contributed by atoms with Crippen LogP contribution in [0.4, 0.5) is 11.4 Å². The van der Waals surface area contributed by atoms with Crippen LogP contribution in [-0.4, -0.2) is 24.4 Å². The number of hydrogen-bond donors (Lipinski definition) is 3. The lowest BCUT2D eigenvalue weighted by molar-refractivity contribution is -0.117. The quantitative estimate of drug-likeness (QED) is 0.748. The molecule has 26 heavy (non-hydrogen) atoms. The average molecular weight is 347 g/mol. The molecule has 1 heterocycles. The second-order valence-electron chi connectivity index (χ2n) is 6.22. The number of nitrogens with one attached hydrogen (secondary N) is 3. The van der Waals surface area contributed by atoms with Gasteiger partial charge in [0.25, 0.3) is 0 Å². The summed E-state index contributed by atoms with van der Waals surface area (Å²) in [6, 6.07) is 14.8. The lowest BCUT2D eigenvalue weighted by Gasteiger charge is -2.10. The van der Waals surface area contributed by atoms with Gasteiger partial charge >= 0.3 is 0 Å². The van der Waals surface area contributed by atoms with Crippen LogP contribution in [0.3, 0.4) is 0 Å². The maximum Gasteiger partial charge on any atom is 0.241 e. The van der Waals surface area contributed by atoms with Crippen molar-refractivity contribution >= 4 is 23.2 Å². The van der Waals surface area contributed by atoms with Gasteiger partial charge < -0.3 is 16.0 Å². The van der Waals surface area contributed by atoms with Crippen molar-refractivity contribution in [3.05, 3.63) is 59.7 Å². The minimum atomic E-state index is -0.0975. The summed E-state index contributed by atoms with van der Waals surface area (Å²) < 4.78 is 0. The van der Waals surface area contributed by atoms with Crippen LogP contribution in [0.5, 0.6) is 0 Å². The summed E-state index contributed by atoms with van der Waals surface area (Å²) in [7, 11) is 0. The Bertz CT molecular complexity index is 840. The predicted octanol–water partition coefficient (Wildman–Crippen LogP) is 2.74. The number of carbonyl (C=O) groups is 2. The van der Waals surface area contributed by atoms with Crippen molar-refractivity contribution in [3.63, 3.8) is 0 Å². The number of benzene rings is 2. The second kappa shape index (κ2) is 8.32. The van der Waals surface area contributed by atoms with Gasteiger partial charge in [-0.1, -0.05) is 11.8 Å². The Morgan fingerprint density at radius 1 is 0.923 bits per heavy atom. The Balaban J connectivity index is 1.60. The first-order valence-electron chi connectivity index (χ1n) is 8.64. The van der Waals surface area contributed by atoms with E-state index in [1.807, 2.05) is 48.5 Å². The number of carbonyl (C=O) groups excluding carboxylic acids is 2. The predicted molar refractivity (Wildman–Crippen MR) is 103 cm³/mol. The van der Waals surface area contributed by atoms with Gasteiger partial charge in [-0.25, -0.2) is 0 Å². The van der Waals surface area contributed by atoms with Crippen LogP contribution in [0.1, 0.15) is 30.9 Å². The number of hydrogen-bond acceptors (Lipinski definition) is 3. The highest BCUT2D eigenvalue weighted by Crippen LogP contribution is 2.13. The second-order valence-corrected chi connectivity index (χ2v) is 6.22. The largest absolute Gasteiger partial charge is 0.326 e. The Kier molecular flexibility index (Phi) is 5.67. The molecule has 2 amide bonds. The zero-order chi connectivity index (χ0) is 18.4. The molecule has 5 heteroatoms. The fraction of sp³-hybridized carbons (Fsp3) is 0.238. The molecule has 2 aromatic rings. The zero-order valence-corrected chi connectivity index (χ0v) is 14.6. The molecule has 132 valence electrons. The summed E-state index contributed by atoms with van der Waals surface area (Å²) in [5.74, 6) is 6.10. The van der Waals surface area contributed by atoms with Gasteiger partial charge in [-0.3, -0.25) is 9.59 Å². The van der Waals surface area contributed by atoms with E-state index >= 15 is 0 Å². The van der Waals surface area contributed by atoms with Crippen molar-refractivity contribution in [2.45, 2.75) is 25.8 Å². The van der Waals surface area contributed by atoms with Crippen LogP contribution < -0.4 is 16.0 Å². The lowest BCUT2D eigenvalue weighted by atomic mass is 10.1. The third kappa shape index (κ3) is 4.95. The molecule has 0 spiro atoms. The molecule has 1 atom stereocenters. The van der Waals surface area contributed by atoms with E-state index in [1.165, 1.54) is 6.92 Å². The SMILES string of the molecule is CC(=O)Nc1ccc(C#Cc2ccc(NC(=O)[C@H]3CCCN3)cc2)cc1. The van der Waals surface area contributed by atoms with E-state index in [0.29, 0.717) is 0 Å². The molecule has 1 fully saturated rings. The van der Waals surface area contributed by atoms with Gasteiger partial charge in [0.2, 0.25) is 11.8 Å². The summed E-state index contributed by atoms with van der Waals surface area (Å²) in [4.78, 5) is 23.1. The zero-order valence-electron chi connectivity index (χ0n) is 14.6. The number of amides is 2. The number of rotatable bonds is 3. The molecule has 2 aromatic carbocycles. The summed E-state index contributed by atoms with van der Waals surface area (Å²) in [6.07, 6.45) is 1.93. The molecule has 0 unspecified atom stereocenters. The topological polar surface area (TPSA) is 70.2 Å². The van der Waals surface area contributed by atoms with E-state index < -0.39 is 0 Å². The van der Waals surface area contributed by atoms with E-state index in [2.05, 4.69) is 27.8 Å². The summed E-state index contributed by atoms with van der Waals surface area (Å²) >= 11 is 0. The highest BCUT2D eigenvalue weighted by atomic mass is 16.2. The molecule has 0 saturated carbocycles. The lowest BCUT2D eigenvalue weighted by Crippen LogP contribution is -2.35. The summed E-state index contributed by atoms with van der Waals surface area (Å²) in [5.41, 5.74) is 3.26. The molecule has 3 rings (SSSR count). The molecule has 3 N–H and O–H groups in total. The van der Waals surface area contributed by atoms with E-state index in [4.69, 9.17) is 0 Å². The highest BCUT2D eigenvalue weighted by Gasteiger charge is 2.21. The van der Waals surface area contributed by atoms with Gasteiger partial charge in [0, 0.05) is 29.4 Å². The molecule has 0 aromatic heterocycles. The standard InChI is InChI=1S/C21H21N3O2/c1-15(25)23-18-10-6-16(7-11-18)4-5-17-8-12-19(13-9-17)24-21(26)20-3-2-14-22-20/h6-13,20,22H,2-3,14H2,1H3,(H,23,25)(H,24,26)/t20-/m1/s1. The fourth-order valence-electron chi connectivity index (χ4n) is 2.76. The van der Waals surface area contributed by atoms with Gasteiger partial charge in [-0.2, -0.15) is 0 Å². The van der Waals surface area contributed by atoms with Gasteiger partial charge in [0.1, 0.15) is 0 Å². The molecular weight excluding hydrogens is 326 g/mol. The van der Waals surface area contributed by atoms with E-state index in [1.54, 1.807) is 0 Å². The first kappa shape index (κ1) is 17.7. The molecule has 1 aliphatic rings. The van der Waals surface area contributed by atoms with Gasteiger partial charge in [-0.05, 0) is 67.9 Å². The molecular formula is C21H21N3O2. The van der Waals surface area contributed by atoms with Crippen LogP contribution in [0, 0.1) is 11.8 Å². The van der Waals surface area contributed by atoms with Crippen molar-refractivity contribution < 1.29 is 9.59 Å². The van der Waals surface area contributed by atoms with Gasteiger partial charge in [0.15, 0.2) is 0 Å². The Hall–Kier alpha value is -3.10. The van der Waals surface area contributed by atoms with Crippen molar-refractivity contribution in [2.75, 3.05) is 17.2 Å². The van der Waals surface area contributed by atoms with Crippen LogP contribution >= 0.6 is 0 Å². The highest BCUT2D eigenvalue weighted by molar-refractivity contribution is 5.95. The smallest absolute Gasteiger partial charge is 0.241 e. The third-order valence-corrected chi connectivity index (χ3v) is 4.09. The molecule has 1 saturated heterocycles. The van der Waals surface area contributed by atoms with Crippen molar-refractivity contribution in [2.24, 2.45) is 0 Å². The first-order chi connectivity index (χ1) is 12.6. The maximum absolute atomic E-state index is 12.1. The molecule has 0 bridgehead atoms. The summed E-state index contributed by atoms with van der Waals surface area (Å²) in [5, 5.41) is 8.83. The summed E-state index contributed by atoms with van der Waals surface area (Å²) in [6.45, 7) is 2.38. The van der Waals surface area contributed by atoms with Crippen LogP contribution in [0.2, 0.25) is 0 Å². The Labute approximate surface area is 153 Å². The fourth-order valence-corrected chi connectivity index (χ4v) is 2.76. The monoisotopic (exact) mass is 347 g/mol. The average Bonchev–Trinajstić information content (AvgIpc) is 3.17. The number of anilines is 2. The normalized spacial score (nSPS) is 15.7. The molecule has 0 radical (unpaired) electrons. The van der Waals surface area contributed by atoms with Crippen LogP contribution in [-0.2, 0) is 9.59 Å². The van der Waals surface area contributed by atoms with Crippen molar-refractivity contribution in [1.29, 1.82) is 0 Å². The third-order valence-electron chi connectivity index (χ3n) is 4.09. The van der Waals surface area contributed by atoms with E-state index in [-0.39, 0.29) is 17.9 Å². The van der Waals surface area contributed by atoms with Gasteiger partial charge in [-0.15, -0.1) is 0 Å². The first-order valence-corrected chi connectivity index (χ1v) is 8.64. The Morgan fingerprint density at radius 3 is 1.92 bits per heavy atom. The van der Waals surface area contributed by atoms with Crippen LogP contribution in [0.25, 0.3) is 0 Å². The molecule has 0 aliphatic carbocycles. The molecule has 1 aliphatic heterocycles. The van der Waals surface area contributed by atoms with Crippen molar-refractivity contribution in [3.8, 4) is 11.8 Å².